The van der Waals surface area contributed by atoms with Crippen LogP contribution in [0.15, 0.2) is 0 Å². The Morgan fingerprint density at radius 1 is 1.43 bits per heavy atom. The highest BCUT2D eigenvalue weighted by molar-refractivity contribution is 4.41. The van der Waals surface area contributed by atoms with Gasteiger partial charge in [-0.2, -0.15) is 13.2 Å². The average molecular weight is 114 g/mol. The molecule has 1 nitrogen and oxygen atoms in total. The molecular formula is C3H5F3O. The van der Waals surface area contributed by atoms with Crippen LogP contribution in [0, 0.1) is 0 Å². The Balaban J connectivity index is 3.15. The van der Waals surface area contributed by atoms with Gasteiger partial charge in [0.2, 0.25) is 0 Å². The average Bonchev–Trinajstić information content (AvgIpc) is 1.30. The molecule has 44 valence electrons. The summed E-state index contributed by atoms with van der Waals surface area (Å²) < 4.78 is 36.6. The lowest BCUT2D eigenvalue weighted by atomic mass is 10.7. The van der Waals surface area contributed by atoms with Crippen molar-refractivity contribution in [2.45, 2.75) is 6.18 Å². The second-order valence-corrected chi connectivity index (χ2v) is 1.05. The smallest absolute Gasteiger partial charge is 0.375 e. The second-order valence-electron chi connectivity index (χ2n) is 1.05. The number of methoxy groups -OCH3 is 1. The van der Waals surface area contributed by atoms with Crippen molar-refractivity contribution in [3.63, 3.8) is 0 Å². The molecule has 0 aliphatic carbocycles. The van der Waals surface area contributed by atoms with Crippen LogP contribution < -0.4 is 0 Å². The fourth-order valence-corrected chi connectivity index (χ4v) is 0.164. The molecule has 0 atom stereocenters. The van der Waals surface area contributed by atoms with Gasteiger partial charge in [-0.3, -0.25) is 0 Å². The van der Waals surface area contributed by atoms with Crippen molar-refractivity contribution in [1.82, 2.24) is 0 Å². The Kier molecular flexibility index (Phi) is 2.08. The van der Waals surface area contributed by atoms with Crippen LogP contribution in [0.4, 0.5) is 13.2 Å². The van der Waals surface area contributed by atoms with Crippen molar-refractivity contribution in [1.29, 1.82) is 0 Å². The Bertz CT molecular complexity index is 48.6. The summed E-state index contributed by atoms with van der Waals surface area (Å²) in [5, 5.41) is 0. The van der Waals surface area contributed by atoms with Gasteiger partial charge < -0.3 is 4.74 Å². The summed E-state index contributed by atoms with van der Waals surface area (Å²) in [7, 11) is 1.01. The maximum atomic E-state index is 10.9. The molecule has 0 aromatic heterocycles. The van der Waals surface area contributed by atoms with E-state index in [1.54, 1.807) is 0 Å². The molecule has 0 saturated carbocycles. The van der Waals surface area contributed by atoms with Crippen molar-refractivity contribution in [2.24, 2.45) is 0 Å². The zero-order chi connectivity index (χ0) is 5.91. The number of rotatable bonds is 1. The van der Waals surface area contributed by atoms with E-state index < -0.39 is 12.8 Å². The molecule has 0 rings (SSSR count). The normalized spacial score (nSPS) is 12.0. The van der Waals surface area contributed by atoms with Crippen LogP contribution >= 0.6 is 0 Å². The predicted octanol–water partition coefficient (Wildman–Crippen LogP) is 1.20. The largest absolute Gasteiger partial charge is 0.411 e. The van der Waals surface area contributed by atoms with Crippen LogP contribution in [0.5, 0.6) is 0 Å². The van der Waals surface area contributed by atoms with Crippen LogP contribution in [0.25, 0.3) is 0 Å². The van der Waals surface area contributed by atoms with Crippen molar-refractivity contribution in [3.8, 4) is 0 Å². The molecule has 0 spiro atoms. The van der Waals surface area contributed by atoms with Gasteiger partial charge in [-0.1, -0.05) is 0 Å². The minimum absolute atomic E-state index is 1.01. The molecule has 0 bridgehead atoms. The van der Waals surface area contributed by atoms with Gasteiger partial charge in [0.25, 0.3) is 0 Å². The summed E-state index contributed by atoms with van der Waals surface area (Å²) in [6.07, 6.45) is -4.17. The number of ether oxygens (including phenoxy) is 1. The fraction of sp³-hybridized carbons (Fsp3) is 1.00. The molecule has 0 saturated heterocycles. The topological polar surface area (TPSA) is 9.23 Å². The van der Waals surface area contributed by atoms with Crippen LogP contribution in [0.2, 0.25) is 0 Å². The van der Waals surface area contributed by atoms with E-state index in [0.29, 0.717) is 0 Å². The van der Waals surface area contributed by atoms with Crippen molar-refractivity contribution >= 4 is 0 Å². The summed E-state index contributed by atoms with van der Waals surface area (Å²) in [4.78, 5) is 0. The number of alkyl halides is 3. The molecule has 0 aliphatic heterocycles. The van der Waals surface area contributed by atoms with Crippen LogP contribution in [-0.2, 0) is 4.74 Å². The molecule has 0 unspecified atom stereocenters. The maximum Gasteiger partial charge on any atom is 0.411 e. The SMILES string of the molecule is COCC(F)(F)F. The first-order chi connectivity index (χ1) is 3.06. The first-order valence-electron chi connectivity index (χ1n) is 1.62. The highest BCUT2D eigenvalue weighted by Gasteiger charge is 2.26. The van der Waals surface area contributed by atoms with Gasteiger partial charge in [-0.25, -0.2) is 0 Å². The zero-order valence-corrected chi connectivity index (χ0v) is 3.75. The Hall–Kier alpha value is -0.250. The standard InChI is InChI=1S/C3H5F3O/c1-7-2-3(4,5)6/h2H2,1H3. The van der Waals surface area contributed by atoms with Gasteiger partial charge >= 0.3 is 6.18 Å². The molecule has 0 N–H and O–H groups in total. The van der Waals surface area contributed by atoms with Crippen molar-refractivity contribution in [3.05, 3.63) is 0 Å². The quantitative estimate of drug-likeness (QED) is 0.497. The monoisotopic (exact) mass is 114 g/mol. The summed E-state index contributed by atoms with van der Waals surface area (Å²) in [6.45, 7) is -1.16. The number of hydrogen-bond acceptors (Lipinski definition) is 1. The first kappa shape index (κ1) is 6.75. The Labute approximate surface area is 39.1 Å². The van der Waals surface area contributed by atoms with Gasteiger partial charge in [-0.15, -0.1) is 0 Å². The van der Waals surface area contributed by atoms with Crippen LogP contribution in [0.3, 0.4) is 0 Å². The van der Waals surface area contributed by atoms with E-state index in [2.05, 4.69) is 4.74 Å². The third kappa shape index (κ3) is 5.75. The van der Waals surface area contributed by atoms with Crippen molar-refractivity contribution in [2.75, 3.05) is 13.7 Å². The van der Waals surface area contributed by atoms with E-state index in [1.165, 1.54) is 0 Å². The maximum absolute atomic E-state index is 10.9. The number of hydrogen-bond donors (Lipinski definition) is 0. The molecular weight excluding hydrogens is 109 g/mol. The lowest BCUT2D eigenvalue weighted by Crippen LogP contribution is -2.14. The summed E-state index contributed by atoms with van der Waals surface area (Å²) in [5.74, 6) is 0. The predicted molar refractivity (Wildman–Crippen MR) is 17.9 cm³/mol. The summed E-state index contributed by atoms with van der Waals surface area (Å²) >= 11 is 0. The molecule has 0 amide bonds. The Morgan fingerprint density at radius 2 is 1.86 bits per heavy atom. The molecule has 0 aromatic rings. The van der Waals surface area contributed by atoms with Crippen LogP contribution in [0.1, 0.15) is 0 Å². The third-order valence-electron chi connectivity index (χ3n) is 0.308. The van der Waals surface area contributed by atoms with E-state index in [-0.39, 0.29) is 0 Å². The Morgan fingerprint density at radius 3 is 1.86 bits per heavy atom. The van der Waals surface area contributed by atoms with Gasteiger partial charge in [0.15, 0.2) is 0 Å². The van der Waals surface area contributed by atoms with E-state index in [4.69, 9.17) is 0 Å². The van der Waals surface area contributed by atoms with Gasteiger partial charge in [0.1, 0.15) is 6.61 Å². The third-order valence-corrected chi connectivity index (χ3v) is 0.308. The van der Waals surface area contributed by atoms with Crippen LogP contribution in [-0.4, -0.2) is 19.9 Å². The molecule has 0 aromatic carbocycles. The number of halogens is 3. The van der Waals surface area contributed by atoms with E-state index in [9.17, 15) is 13.2 Å². The van der Waals surface area contributed by atoms with E-state index in [1.807, 2.05) is 0 Å². The first-order valence-corrected chi connectivity index (χ1v) is 1.62. The summed E-state index contributed by atoms with van der Waals surface area (Å²) in [6, 6.07) is 0. The summed E-state index contributed by atoms with van der Waals surface area (Å²) in [5.41, 5.74) is 0. The molecule has 0 aliphatic rings. The van der Waals surface area contributed by atoms with E-state index in [0.717, 1.165) is 7.11 Å². The van der Waals surface area contributed by atoms with Crippen molar-refractivity contribution < 1.29 is 17.9 Å². The highest BCUT2D eigenvalue weighted by Crippen LogP contribution is 2.13. The minimum Gasteiger partial charge on any atom is -0.375 e. The minimum atomic E-state index is -4.17. The molecule has 4 heteroatoms. The highest BCUT2D eigenvalue weighted by atomic mass is 19.4. The van der Waals surface area contributed by atoms with E-state index >= 15 is 0 Å². The second kappa shape index (κ2) is 2.16. The lowest BCUT2D eigenvalue weighted by molar-refractivity contribution is -0.167. The van der Waals surface area contributed by atoms with Gasteiger partial charge in [0, 0.05) is 7.11 Å². The molecule has 0 heterocycles. The van der Waals surface area contributed by atoms with Gasteiger partial charge in [0.05, 0.1) is 0 Å². The molecule has 0 fully saturated rings. The molecule has 0 radical (unpaired) electrons. The zero-order valence-electron chi connectivity index (χ0n) is 3.75. The molecule has 7 heavy (non-hydrogen) atoms. The lowest BCUT2D eigenvalue weighted by Gasteiger charge is -2.01. The van der Waals surface area contributed by atoms with Gasteiger partial charge in [-0.05, 0) is 0 Å². The fourth-order valence-electron chi connectivity index (χ4n) is 0.164.